The highest BCUT2D eigenvalue weighted by atomic mass is 32.2. The Balaban J connectivity index is 1.90. The number of hydrogen-bond donors (Lipinski definition) is 1. The van der Waals surface area contributed by atoms with Crippen molar-refractivity contribution < 1.29 is 13.2 Å². The highest BCUT2D eigenvalue weighted by Crippen LogP contribution is 2.30. The number of hydrogen-bond acceptors (Lipinski definition) is 5. The molecule has 0 radical (unpaired) electrons. The fourth-order valence-electron chi connectivity index (χ4n) is 3.20. The lowest BCUT2D eigenvalue weighted by Crippen LogP contribution is -2.14. The smallest absolute Gasteiger partial charge is 0.263 e. The third-order valence-corrected chi connectivity index (χ3v) is 6.24. The zero-order chi connectivity index (χ0) is 22.2. The number of nitrogens with one attached hydrogen (secondary N) is 1. The van der Waals surface area contributed by atoms with Crippen LogP contribution in [-0.4, -0.2) is 30.3 Å². The standard InChI is InChI=1S/C23H24N4O3S/c1-23(2,3)20-14-13-19-21(26-31(28,29)18-11-6-5-7-12-18)25-27(22(19)24-20)16-9-8-10-17(15-16)30-4/h5-15H,1-4H3,(H,25,26). The van der Waals surface area contributed by atoms with Gasteiger partial charge in [-0.1, -0.05) is 45.0 Å². The van der Waals surface area contributed by atoms with Gasteiger partial charge in [-0.2, -0.15) is 0 Å². The third-order valence-electron chi connectivity index (χ3n) is 4.88. The molecule has 0 saturated carbocycles. The van der Waals surface area contributed by atoms with Crippen LogP contribution in [0.2, 0.25) is 0 Å². The van der Waals surface area contributed by atoms with Gasteiger partial charge in [-0.3, -0.25) is 4.72 Å². The van der Waals surface area contributed by atoms with Crippen LogP contribution < -0.4 is 9.46 Å². The number of benzene rings is 2. The van der Waals surface area contributed by atoms with Crippen molar-refractivity contribution in [3.05, 3.63) is 72.4 Å². The minimum atomic E-state index is -3.80. The number of anilines is 1. The number of rotatable bonds is 5. The van der Waals surface area contributed by atoms with Gasteiger partial charge in [0, 0.05) is 17.2 Å². The molecular formula is C23H24N4O3S. The number of nitrogens with zero attached hydrogens (tertiary/aromatic N) is 3. The number of pyridine rings is 1. The van der Waals surface area contributed by atoms with Crippen molar-refractivity contribution in [2.45, 2.75) is 31.1 Å². The van der Waals surface area contributed by atoms with Crippen molar-refractivity contribution in [2.24, 2.45) is 0 Å². The van der Waals surface area contributed by atoms with E-state index in [0.717, 1.165) is 5.69 Å². The number of fused-ring (bicyclic) bond motifs is 1. The summed E-state index contributed by atoms with van der Waals surface area (Å²) in [6.45, 7) is 6.23. The molecule has 0 fully saturated rings. The minimum Gasteiger partial charge on any atom is -0.497 e. The number of ether oxygens (including phenoxy) is 1. The normalized spacial score (nSPS) is 12.1. The van der Waals surface area contributed by atoms with Crippen molar-refractivity contribution >= 4 is 26.9 Å². The fraction of sp³-hybridized carbons (Fsp3) is 0.217. The Labute approximate surface area is 181 Å². The molecule has 4 rings (SSSR count). The Morgan fingerprint density at radius 3 is 2.39 bits per heavy atom. The molecule has 0 unspecified atom stereocenters. The van der Waals surface area contributed by atoms with Gasteiger partial charge in [0.05, 0.1) is 23.1 Å². The molecular weight excluding hydrogens is 412 g/mol. The Morgan fingerprint density at radius 1 is 0.968 bits per heavy atom. The maximum Gasteiger partial charge on any atom is 0.263 e. The lowest BCUT2D eigenvalue weighted by Gasteiger charge is -2.17. The first-order chi connectivity index (χ1) is 14.7. The quantitative estimate of drug-likeness (QED) is 0.497. The van der Waals surface area contributed by atoms with Crippen LogP contribution >= 0.6 is 0 Å². The van der Waals surface area contributed by atoms with E-state index in [9.17, 15) is 8.42 Å². The van der Waals surface area contributed by atoms with E-state index < -0.39 is 10.0 Å². The van der Waals surface area contributed by atoms with Gasteiger partial charge < -0.3 is 4.74 Å². The first kappa shape index (κ1) is 20.9. The van der Waals surface area contributed by atoms with Gasteiger partial charge in [0.25, 0.3) is 10.0 Å². The Morgan fingerprint density at radius 2 is 1.71 bits per heavy atom. The summed E-state index contributed by atoms with van der Waals surface area (Å²) in [5, 5.41) is 5.18. The van der Waals surface area contributed by atoms with E-state index in [-0.39, 0.29) is 16.1 Å². The van der Waals surface area contributed by atoms with Crippen LogP contribution in [0.25, 0.3) is 16.7 Å². The van der Waals surface area contributed by atoms with Crippen LogP contribution in [0.5, 0.6) is 5.75 Å². The summed E-state index contributed by atoms with van der Waals surface area (Å²) in [5.74, 6) is 0.883. The molecule has 7 nitrogen and oxygen atoms in total. The maximum atomic E-state index is 12.9. The summed E-state index contributed by atoms with van der Waals surface area (Å²) in [4.78, 5) is 4.99. The summed E-state index contributed by atoms with van der Waals surface area (Å²) in [6, 6.07) is 19.4. The molecule has 160 valence electrons. The molecule has 2 heterocycles. The largest absolute Gasteiger partial charge is 0.497 e. The van der Waals surface area contributed by atoms with Crippen LogP contribution in [-0.2, 0) is 15.4 Å². The Kier molecular flexibility index (Phi) is 5.18. The van der Waals surface area contributed by atoms with E-state index in [2.05, 4.69) is 30.6 Å². The van der Waals surface area contributed by atoms with E-state index in [4.69, 9.17) is 9.72 Å². The molecule has 31 heavy (non-hydrogen) atoms. The maximum absolute atomic E-state index is 12.9. The second kappa shape index (κ2) is 7.70. The molecule has 4 aromatic rings. The zero-order valence-corrected chi connectivity index (χ0v) is 18.6. The molecule has 0 atom stereocenters. The first-order valence-electron chi connectivity index (χ1n) is 9.81. The number of methoxy groups -OCH3 is 1. The van der Waals surface area contributed by atoms with Gasteiger partial charge in [-0.15, -0.1) is 5.10 Å². The lowest BCUT2D eigenvalue weighted by molar-refractivity contribution is 0.414. The van der Waals surface area contributed by atoms with Crippen molar-refractivity contribution in [1.82, 2.24) is 14.8 Å². The summed E-state index contributed by atoms with van der Waals surface area (Å²) in [6.07, 6.45) is 0. The highest BCUT2D eigenvalue weighted by Gasteiger charge is 2.23. The molecule has 0 aliphatic heterocycles. The molecule has 0 amide bonds. The van der Waals surface area contributed by atoms with Gasteiger partial charge in [0.1, 0.15) is 5.75 Å². The molecule has 8 heteroatoms. The fourth-order valence-corrected chi connectivity index (χ4v) is 4.24. The van der Waals surface area contributed by atoms with Gasteiger partial charge in [0.2, 0.25) is 0 Å². The summed E-state index contributed by atoms with van der Waals surface area (Å²) in [5.41, 5.74) is 1.97. The van der Waals surface area contributed by atoms with Gasteiger partial charge in [-0.05, 0) is 36.4 Å². The summed E-state index contributed by atoms with van der Waals surface area (Å²) >= 11 is 0. The number of aromatic nitrogens is 3. The van der Waals surface area contributed by atoms with E-state index in [1.165, 1.54) is 0 Å². The van der Waals surface area contributed by atoms with Gasteiger partial charge >= 0.3 is 0 Å². The van der Waals surface area contributed by atoms with Crippen molar-refractivity contribution in [3.8, 4) is 11.4 Å². The first-order valence-corrected chi connectivity index (χ1v) is 11.3. The third kappa shape index (κ3) is 4.11. The molecule has 2 aromatic heterocycles. The molecule has 1 N–H and O–H groups in total. The van der Waals surface area contributed by atoms with Crippen molar-refractivity contribution in [3.63, 3.8) is 0 Å². The average Bonchev–Trinajstić information content (AvgIpc) is 3.11. The van der Waals surface area contributed by atoms with Crippen LogP contribution in [0, 0.1) is 0 Å². The summed E-state index contributed by atoms with van der Waals surface area (Å²) < 4.78 is 35.4. The van der Waals surface area contributed by atoms with E-state index >= 15 is 0 Å². The molecule has 0 saturated heterocycles. The molecule has 0 aliphatic carbocycles. The molecule has 0 bridgehead atoms. The minimum absolute atomic E-state index is 0.165. The van der Waals surface area contributed by atoms with E-state index in [1.54, 1.807) is 42.1 Å². The SMILES string of the molecule is COc1cccc(-n2nc(NS(=O)(=O)c3ccccc3)c3ccc(C(C)(C)C)nc32)c1. The summed E-state index contributed by atoms with van der Waals surface area (Å²) in [7, 11) is -2.21. The van der Waals surface area contributed by atoms with Crippen LogP contribution in [0.3, 0.4) is 0 Å². The lowest BCUT2D eigenvalue weighted by atomic mass is 9.91. The van der Waals surface area contributed by atoms with Crippen molar-refractivity contribution in [2.75, 3.05) is 11.8 Å². The van der Waals surface area contributed by atoms with E-state index in [0.29, 0.717) is 22.5 Å². The Bertz CT molecular complexity index is 1340. The second-order valence-electron chi connectivity index (χ2n) is 8.20. The predicted octanol–water partition coefficient (Wildman–Crippen LogP) is 4.53. The van der Waals surface area contributed by atoms with E-state index in [1.807, 2.05) is 36.4 Å². The van der Waals surface area contributed by atoms with Crippen LogP contribution in [0.15, 0.2) is 71.6 Å². The van der Waals surface area contributed by atoms with Crippen molar-refractivity contribution in [1.29, 1.82) is 0 Å². The van der Waals surface area contributed by atoms with Crippen LogP contribution in [0.1, 0.15) is 26.5 Å². The second-order valence-corrected chi connectivity index (χ2v) is 9.88. The van der Waals surface area contributed by atoms with Gasteiger partial charge in [-0.25, -0.2) is 18.1 Å². The highest BCUT2D eigenvalue weighted by molar-refractivity contribution is 7.92. The zero-order valence-electron chi connectivity index (χ0n) is 17.8. The monoisotopic (exact) mass is 436 g/mol. The predicted molar refractivity (Wildman–Crippen MR) is 121 cm³/mol. The molecule has 0 aliphatic rings. The van der Waals surface area contributed by atoms with Crippen LogP contribution in [0.4, 0.5) is 5.82 Å². The Hall–Kier alpha value is -3.39. The number of sulfonamides is 1. The topological polar surface area (TPSA) is 86.1 Å². The van der Waals surface area contributed by atoms with Gasteiger partial charge in [0.15, 0.2) is 11.5 Å². The molecule has 2 aromatic carbocycles. The molecule has 0 spiro atoms. The average molecular weight is 437 g/mol.